The lowest BCUT2D eigenvalue weighted by Gasteiger charge is -2.35. The van der Waals surface area contributed by atoms with Crippen LogP contribution in [0.25, 0.3) is 11.3 Å². The summed E-state index contributed by atoms with van der Waals surface area (Å²) in [6.07, 6.45) is 1.33. The van der Waals surface area contributed by atoms with Gasteiger partial charge in [0, 0.05) is 61.5 Å². The molecule has 3 aliphatic rings. The smallest absolute Gasteiger partial charge is 0.227 e. The van der Waals surface area contributed by atoms with Crippen LogP contribution in [0.1, 0.15) is 39.1 Å². The third-order valence-corrected chi connectivity index (χ3v) is 13.4. The zero-order chi connectivity index (χ0) is 37.8. The van der Waals surface area contributed by atoms with Crippen LogP contribution < -0.4 is 20.4 Å². The highest BCUT2D eigenvalue weighted by Crippen LogP contribution is 2.33. The SMILES string of the molecule is CC(C)[C@H](CO)Nc1nc(Cl)nc2c1S(=O)CC2.CC(C)[C@H](CO)Nc1nc(N2CCN(c3nc(-c4ccc(F)cc4)cs3)CC2)nc2c1S(=O)CC2. The van der Waals surface area contributed by atoms with Crippen LogP contribution in [-0.2, 0) is 34.4 Å². The van der Waals surface area contributed by atoms with Crippen LogP contribution in [0.15, 0.2) is 39.4 Å². The molecule has 0 saturated carbocycles. The number of aliphatic hydroxyl groups excluding tert-OH is 2. The van der Waals surface area contributed by atoms with Gasteiger partial charge in [-0.3, -0.25) is 8.42 Å². The van der Waals surface area contributed by atoms with E-state index < -0.39 is 21.6 Å². The Bertz CT molecular complexity index is 1940. The minimum Gasteiger partial charge on any atom is -0.394 e. The van der Waals surface area contributed by atoms with Crippen molar-refractivity contribution < 1.29 is 23.0 Å². The quantitative estimate of drug-likeness (QED) is 0.158. The van der Waals surface area contributed by atoms with Crippen molar-refractivity contribution in [1.29, 1.82) is 0 Å². The number of piperazine rings is 1. The first-order valence-corrected chi connectivity index (χ1v) is 21.5. The summed E-state index contributed by atoms with van der Waals surface area (Å²) in [6.45, 7) is 11.0. The predicted octanol–water partition coefficient (Wildman–Crippen LogP) is 4.38. The number of aliphatic hydroxyl groups is 2. The molecule has 0 radical (unpaired) electrons. The maximum Gasteiger partial charge on any atom is 0.227 e. The molecule has 53 heavy (non-hydrogen) atoms. The zero-order valence-electron chi connectivity index (χ0n) is 30.1. The molecule has 18 heteroatoms. The Morgan fingerprint density at radius 2 is 1.32 bits per heavy atom. The first kappa shape index (κ1) is 39.3. The Labute approximate surface area is 322 Å². The van der Waals surface area contributed by atoms with Gasteiger partial charge in [0.2, 0.25) is 11.2 Å². The number of fused-ring (bicyclic) bond motifs is 2. The molecule has 3 aliphatic heterocycles. The van der Waals surface area contributed by atoms with Crippen molar-refractivity contribution in [3.63, 3.8) is 0 Å². The van der Waals surface area contributed by atoms with E-state index in [1.807, 2.05) is 33.1 Å². The van der Waals surface area contributed by atoms with Gasteiger partial charge < -0.3 is 30.6 Å². The van der Waals surface area contributed by atoms with E-state index >= 15 is 0 Å². The molecule has 7 rings (SSSR count). The zero-order valence-corrected chi connectivity index (χ0v) is 33.3. The largest absolute Gasteiger partial charge is 0.394 e. The van der Waals surface area contributed by atoms with E-state index in [-0.39, 0.29) is 48.2 Å². The lowest BCUT2D eigenvalue weighted by Crippen LogP contribution is -2.47. The summed E-state index contributed by atoms with van der Waals surface area (Å²) >= 11 is 7.45. The van der Waals surface area contributed by atoms with Crippen LogP contribution in [0, 0.1) is 17.7 Å². The molecular weight excluding hydrogens is 761 g/mol. The van der Waals surface area contributed by atoms with E-state index in [9.17, 15) is 23.0 Å². The van der Waals surface area contributed by atoms with Crippen LogP contribution in [0.4, 0.5) is 27.1 Å². The van der Waals surface area contributed by atoms with Gasteiger partial charge in [-0.25, -0.2) is 19.3 Å². The summed E-state index contributed by atoms with van der Waals surface area (Å²) in [5, 5.41) is 28.7. The summed E-state index contributed by atoms with van der Waals surface area (Å²) < 4.78 is 37.8. The van der Waals surface area contributed by atoms with E-state index in [1.54, 1.807) is 23.5 Å². The third-order valence-electron chi connectivity index (χ3n) is 9.45. The summed E-state index contributed by atoms with van der Waals surface area (Å²) in [4.78, 5) is 28.2. The number of halogens is 2. The topological polar surface area (TPSA) is 170 Å². The second-order valence-electron chi connectivity index (χ2n) is 13.7. The van der Waals surface area contributed by atoms with E-state index in [0.717, 1.165) is 54.0 Å². The van der Waals surface area contributed by atoms with Gasteiger partial charge in [0.1, 0.15) is 27.2 Å². The van der Waals surface area contributed by atoms with Crippen molar-refractivity contribution in [3.8, 4) is 11.3 Å². The van der Waals surface area contributed by atoms with Crippen molar-refractivity contribution in [2.24, 2.45) is 11.8 Å². The average Bonchev–Trinajstić information content (AvgIpc) is 3.89. The second kappa shape index (κ2) is 17.4. The monoisotopic (exact) mass is 805 g/mol. The standard InChI is InChI=1S/C24H29FN6O2S2.C11H16ClN3O2S/c1-15(2)19(13-32)26-22-21-18(7-12-35(21)33)27-23(29-22)30-8-10-31(11-9-30)24-28-20(14-34-24)16-3-5-17(25)6-4-16;1-6(2)8(5-16)13-10-9-7(3-4-18(9)17)14-11(12)15-10/h3-6,14-15,19,32H,7-13H2,1-2H3,(H,26,27,29);6,8,16H,3-5H2,1-2H3,(H,13,14,15)/t19-,35?;8-,18?/m00/s1. The molecule has 4 aromatic rings. The summed E-state index contributed by atoms with van der Waals surface area (Å²) in [5.41, 5.74) is 3.33. The van der Waals surface area contributed by atoms with E-state index in [2.05, 4.69) is 30.4 Å². The molecule has 0 aliphatic carbocycles. The third kappa shape index (κ3) is 9.14. The van der Waals surface area contributed by atoms with Crippen LogP contribution >= 0.6 is 22.9 Å². The van der Waals surface area contributed by atoms with Crippen molar-refractivity contribution in [2.45, 2.75) is 62.4 Å². The fourth-order valence-electron chi connectivity index (χ4n) is 6.15. The van der Waals surface area contributed by atoms with Crippen molar-refractivity contribution >= 4 is 67.3 Å². The molecule has 1 fully saturated rings. The van der Waals surface area contributed by atoms with Gasteiger partial charge >= 0.3 is 0 Å². The van der Waals surface area contributed by atoms with Crippen molar-refractivity contribution in [3.05, 3.63) is 52.1 Å². The molecule has 1 saturated heterocycles. The highest BCUT2D eigenvalue weighted by molar-refractivity contribution is 7.85. The highest BCUT2D eigenvalue weighted by atomic mass is 35.5. The molecule has 3 aromatic heterocycles. The van der Waals surface area contributed by atoms with Crippen LogP contribution in [0.2, 0.25) is 5.28 Å². The Kier molecular flexibility index (Phi) is 12.9. The average molecular weight is 806 g/mol. The Hall–Kier alpha value is -3.35. The molecule has 2 unspecified atom stereocenters. The molecule has 0 amide bonds. The number of hydrogen-bond donors (Lipinski definition) is 4. The van der Waals surface area contributed by atoms with E-state index in [1.165, 1.54) is 12.1 Å². The lowest BCUT2D eigenvalue weighted by atomic mass is 10.1. The Morgan fingerprint density at radius 3 is 1.87 bits per heavy atom. The Balaban J connectivity index is 0.000000225. The second-order valence-corrected chi connectivity index (χ2v) is 17.9. The molecular formula is C35H45ClFN9O4S3. The van der Waals surface area contributed by atoms with Gasteiger partial charge in [0.15, 0.2) is 5.13 Å². The van der Waals surface area contributed by atoms with Gasteiger partial charge in [-0.1, -0.05) is 27.7 Å². The molecule has 1 aromatic carbocycles. The number of nitrogens with zero attached hydrogens (tertiary/aromatic N) is 7. The van der Waals surface area contributed by atoms with E-state index in [0.29, 0.717) is 51.7 Å². The van der Waals surface area contributed by atoms with Crippen molar-refractivity contribution in [1.82, 2.24) is 24.9 Å². The fourth-order valence-corrected chi connectivity index (χ4v) is 9.85. The maximum absolute atomic E-state index is 13.2. The first-order valence-electron chi connectivity index (χ1n) is 17.7. The number of anilines is 4. The number of aromatic nitrogens is 5. The van der Waals surface area contributed by atoms with Gasteiger partial charge in [-0.2, -0.15) is 9.97 Å². The normalized spacial score (nSPS) is 19.1. The maximum atomic E-state index is 13.2. The highest BCUT2D eigenvalue weighted by Gasteiger charge is 2.31. The lowest BCUT2D eigenvalue weighted by molar-refractivity contribution is 0.248. The van der Waals surface area contributed by atoms with E-state index in [4.69, 9.17) is 26.6 Å². The number of hydrogen-bond acceptors (Lipinski definition) is 14. The van der Waals surface area contributed by atoms with Crippen LogP contribution in [0.3, 0.4) is 0 Å². The van der Waals surface area contributed by atoms with Gasteiger partial charge in [0.05, 0.1) is 64.0 Å². The van der Waals surface area contributed by atoms with Crippen molar-refractivity contribution in [2.75, 3.05) is 71.3 Å². The fraction of sp³-hybridized carbons (Fsp3) is 0.514. The minimum atomic E-state index is -1.12. The number of thiazole rings is 1. The number of benzene rings is 1. The van der Waals surface area contributed by atoms with Gasteiger partial charge in [-0.05, 0) is 47.7 Å². The predicted molar refractivity (Wildman–Crippen MR) is 210 cm³/mol. The van der Waals surface area contributed by atoms with Crippen LogP contribution in [0.5, 0.6) is 0 Å². The molecule has 0 spiro atoms. The molecule has 13 nitrogen and oxygen atoms in total. The summed E-state index contributed by atoms with van der Waals surface area (Å²) in [7, 11) is -2.20. The molecule has 286 valence electrons. The molecule has 4 atom stereocenters. The van der Waals surface area contributed by atoms with Gasteiger partial charge in [0.25, 0.3) is 0 Å². The summed E-state index contributed by atoms with van der Waals surface area (Å²) in [5.74, 6) is 3.01. The molecule has 4 N–H and O–H groups in total. The number of nitrogens with one attached hydrogen (secondary N) is 2. The molecule has 6 heterocycles. The molecule has 0 bridgehead atoms. The Morgan fingerprint density at radius 1 is 0.792 bits per heavy atom. The summed E-state index contributed by atoms with van der Waals surface area (Å²) in [6, 6.07) is 6.08. The van der Waals surface area contributed by atoms with Gasteiger partial charge in [-0.15, -0.1) is 11.3 Å². The first-order chi connectivity index (χ1) is 25.4. The number of aryl methyl sites for hydroxylation is 2. The minimum absolute atomic E-state index is 0.0132. The number of rotatable bonds is 11. The van der Waals surface area contributed by atoms with Crippen LogP contribution in [-0.4, -0.2) is 107 Å².